The Kier molecular flexibility index (Phi) is 8.37. The van der Waals surface area contributed by atoms with Crippen LogP contribution in [0.1, 0.15) is 10.4 Å². The summed E-state index contributed by atoms with van der Waals surface area (Å²) in [5.74, 6) is -22.7. The van der Waals surface area contributed by atoms with Crippen molar-refractivity contribution in [1.29, 1.82) is 0 Å². The van der Waals surface area contributed by atoms with E-state index in [9.17, 15) is 88.2 Å². The molecule has 1 aromatic rings. The monoisotopic (exact) mass is 656 g/mol. The molecule has 1 N–H and O–H groups in total. The Morgan fingerprint density at radius 2 is 0.780 bits per heavy atom. The predicted octanol–water partition coefficient (Wildman–Crippen LogP) is 8.00. The van der Waals surface area contributed by atoms with Crippen molar-refractivity contribution in [2.75, 3.05) is 0 Å². The Hall–Kier alpha value is -2.98. The first-order valence-electron chi connectivity index (χ1n) is 9.13. The van der Waals surface area contributed by atoms with Crippen LogP contribution in [0.5, 0.6) is 5.75 Å². The standard InChI is InChI=1S/C17H5F21O3/c18-8(9(19,13(24,25)26)14(27,28)29,10(20,15(30,31)32)16(33,34)35)12(23,11(21,22)17(36,37)38)41-6-3-1-5(2-4-6)7(39)40/h1-4H,(H,39,40). The van der Waals surface area contributed by atoms with Gasteiger partial charge in [-0.05, 0) is 24.3 Å². The normalized spacial score (nSPS) is 16.8. The van der Waals surface area contributed by atoms with Gasteiger partial charge in [-0.3, -0.25) is 0 Å². The molecule has 0 spiro atoms. The van der Waals surface area contributed by atoms with Gasteiger partial charge in [0, 0.05) is 0 Å². The summed E-state index contributed by atoms with van der Waals surface area (Å²) in [5.41, 5.74) is -30.4. The van der Waals surface area contributed by atoms with Gasteiger partial charge in [-0.2, -0.15) is 79.0 Å². The molecule has 0 amide bonds. The molecule has 0 fully saturated rings. The fraction of sp³-hybridized carbons (Fsp3) is 0.588. The Bertz CT molecular complexity index is 1040. The van der Waals surface area contributed by atoms with Crippen molar-refractivity contribution < 1.29 is 107 Å². The molecule has 0 radical (unpaired) electrons. The van der Waals surface area contributed by atoms with Gasteiger partial charge in [0.25, 0.3) is 5.67 Å². The SMILES string of the molecule is O=C(O)c1ccc(OC(F)(C(F)(F)C(F)(F)F)C(F)(C(F)(C(F)(F)F)C(F)(F)F)C(F)(C(F)(F)F)C(F)(F)F)cc1. The molecule has 1 unspecified atom stereocenters. The van der Waals surface area contributed by atoms with E-state index in [1.54, 1.807) is 0 Å². The summed E-state index contributed by atoms with van der Waals surface area (Å²) < 4.78 is 290. The summed E-state index contributed by atoms with van der Waals surface area (Å²) in [6, 6.07) is -1.72. The maximum Gasteiger partial charge on any atom is 0.460 e. The number of rotatable bonds is 7. The average Bonchev–Trinajstić information content (AvgIpc) is 2.73. The molecule has 0 saturated heterocycles. The second-order valence-corrected chi connectivity index (χ2v) is 7.57. The summed E-state index contributed by atoms with van der Waals surface area (Å²) in [7, 11) is 0. The summed E-state index contributed by atoms with van der Waals surface area (Å²) in [6.45, 7) is 0. The van der Waals surface area contributed by atoms with E-state index in [0.29, 0.717) is 0 Å². The van der Waals surface area contributed by atoms with E-state index in [1.165, 1.54) is 0 Å². The van der Waals surface area contributed by atoms with Crippen LogP contribution in [0.2, 0.25) is 0 Å². The summed E-state index contributed by atoms with van der Waals surface area (Å²) in [6.07, 6.45) is -44.2. The molecule has 0 aliphatic rings. The van der Waals surface area contributed by atoms with Crippen LogP contribution in [0, 0.1) is 0 Å². The second kappa shape index (κ2) is 9.52. The first-order chi connectivity index (χ1) is 17.6. The minimum atomic E-state index is -9.93. The third kappa shape index (κ3) is 4.82. The number of alkyl halides is 21. The molecular weight excluding hydrogens is 651 g/mol. The first kappa shape index (κ1) is 36.0. The minimum absolute atomic E-state index is 0.226. The number of ether oxygens (including phenoxy) is 1. The number of hydrogen-bond donors (Lipinski definition) is 1. The molecule has 0 saturated carbocycles. The number of benzene rings is 1. The molecule has 1 rings (SSSR count). The third-order valence-electron chi connectivity index (χ3n) is 5.07. The Labute approximate surface area is 209 Å². The second-order valence-electron chi connectivity index (χ2n) is 7.57. The Balaban J connectivity index is 4.74. The molecular formula is C17H5F21O3. The van der Waals surface area contributed by atoms with Gasteiger partial charge in [0.15, 0.2) is 0 Å². The molecule has 0 aliphatic heterocycles. The van der Waals surface area contributed by atoms with Crippen molar-refractivity contribution in [2.24, 2.45) is 0 Å². The lowest BCUT2D eigenvalue weighted by Gasteiger charge is -2.54. The number of carbonyl (C=O) groups is 1. The maximum absolute atomic E-state index is 15.6. The lowest BCUT2D eigenvalue weighted by atomic mass is 9.65. The molecule has 0 aliphatic carbocycles. The van der Waals surface area contributed by atoms with E-state index in [-0.39, 0.29) is 12.1 Å². The van der Waals surface area contributed by atoms with Gasteiger partial charge in [-0.15, -0.1) is 0 Å². The highest BCUT2D eigenvalue weighted by Crippen LogP contribution is 2.71. The van der Waals surface area contributed by atoms with Gasteiger partial charge in [0.05, 0.1) is 5.56 Å². The highest BCUT2D eigenvalue weighted by molar-refractivity contribution is 5.87. The largest absolute Gasteiger partial charge is 0.478 e. The van der Waals surface area contributed by atoms with Gasteiger partial charge in [-0.1, -0.05) is 0 Å². The van der Waals surface area contributed by atoms with Crippen LogP contribution in [0.25, 0.3) is 0 Å². The summed E-state index contributed by atoms with van der Waals surface area (Å²) >= 11 is 0. The van der Waals surface area contributed by atoms with Crippen LogP contribution >= 0.6 is 0 Å². The number of aromatic carboxylic acids is 1. The van der Waals surface area contributed by atoms with E-state index in [0.717, 1.165) is 0 Å². The van der Waals surface area contributed by atoms with Gasteiger partial charge < -0.3 is 9.84 Å². The Morgan fingerprint density at radius 3 is 1.00 bits per heavy atom. The van der Waals surface area contributed by atoms with Gasteiger partial charge in [-0.25, -0.2) is 18.0 Å². The molecule has 238 valence electrons. The van der Waals surface area contributed by atoms with E-state index < -0.39 is 89.1 Å². The number of carboxylic acids is 1. The van der Waals surface area contributed by atoms with E-state index in [2.05, 4.69) is 4.74 Å². The minimum Gasteiger partial charge on any atom is -0.478 e. The van der Waals surface area contributed by atoms with Crippen molar-refractivity contribution >= 4 is 5.97 Å². The fourth-order valence-corrected chi connectivity index (χ4v) is 3.14. The zero-order valence-corrected chi connectivity index (χ0v) is 18.0. The smallest absolute Gasteiger partial charge is 0.460 e. The van der Waals surface area contributed by atoms with Crippen LogP contribution in [-0.4, -0.2) is 70.7 Å². The lowest BCUT2D eigenvalue weighted by Crippen LogP contribution is -2.89. The summed E-state index contributed by atoms with van der Waals surface area (Å²) in [5, 5.41) is 8.60. The van der Waals surface area contributed by atoms with E-state index in [4.69, 9.17) is 5.11 Å². The van der Waals surface area contributed by atoms with Crippen LogP contribution in [0.3, 0.4) is 0 Å². The fourth-order valence-electron chi connectivity index (χ4n) is 3.14. The average molecular weight is 656 g/mol. The van der Waals surface area contributed by atoms with Crippen molar-refractivity contribution in [3.05, 3.63) is 29.8 Å². The third-order valence-corrected chi connectivity index (χ3v) is 5.07. The topological polar surface area (TPSA) is 46.5 Å². The summed E-state index contributed by atoms with van der Waals surface area (Å²) in [4.78, 5) is 10.7. The number of halogens is 21. The van der Waals surface area contributed by atoms with Crippen molar-refractivity contribution in [2.45, 2.75) is 59.7 Å². The first-order valence-corrected chi connectivity index (χ1v) is 9.13. The molecule has 0 aromatic heterocycles. The zero-order valence-electron chi connectivity index (χ0n) is 18.0. The molecule has 0 bridgehead atoms. The molecule has 1 atom stereocenters. The van der Waals surface area contributed by atoms with Crippen molar-refractivity contribution in [3.63, 3.8) is 0 Å². The highest BCUT2D eigenvalue weighted by Gasteiger charge is 3.05. The Morgan fingerprint density at radius 1 is 0.488 bits per heavy atom. The number of carboxylic acid groups (broad SMARTS) is 1. The zero-order chi connectivity index (χ0) is 33.3. The predicted molar refractivity (Wildman–Crippen MR) is 84.6 cm³/mol. The van der Waals surface area contributed by atoms with E-state index in [1.807, 2.05) is 0 Å². The van der Waals surface area contributed by atoms with Gasteiger partial charge in [0.2, 0.25) is 0 Å². The van der Waals surface area contributed by atoms with Crippen LogP contribution in [-0.2, 0) is 0 Å². The highest BCUT2D eigenvalue weighted by atomic mass is 19.4. The maximum atomic E-state index is 15.6. The van der Waals surface area contributed by atoms with Gasteiger partial charge >= 0.3 is 60.0 Å². The van der Waals surface area contributed by atoms with Crippen LogP contribution in [0.4, 0.5) is 92.2 Å². The molecule has 3 nitrogen and oxygen atoms in total. The van der Waals surface area contributed by atoms with Gasteiger partial charge in [0.1, 0.15) is 5.75 Å². The van der Waals surface area contributed by atoms with Crippen molar-refractivity contribution in [1.82, 2.24) is 0 Å². The molecule has 0 heterocycles. The molecule has 41 heavy (non-hydrogen) atoms. The van der Waals surface area contributed by atoms with Crippen LogP contribution in [0.15, 0.2) is 24.3 Å². The lowest BCUT2D eigenvalue weighted by molar-refractivity contribution is -0.502. The van der Waals surface area contributed by atoms with Crippen molar-refractivity contribution in [3.8, 4) is 5.75 Å². The quantitative estimate of drug-likeness (QED) is 0.303. The molecule has 1 aromatic carbocycles. The molecule has 24 heteroatoms. The van der Waals surface area contributed by atoms with E-state index >= 15 is 8.78 Å². The van der Waals surface area contributed by atoms with Crippen LogP contribution < -0.4 is 4.74 Å². The number of hydrogen-bond acceptors (Lipinski definition) is 2.